The van der Waals surface area contributed by atoms with Crippen molar-refractivity contribution in [1.29, 1.82) is 0 Å². The van der Waals surface area contributed by atoms with Crippen LogP contribution >= 0.6 is 23.2 Å². The molecule has 0 aliphatic carbocycles. The zero-order valence-electron chi connectivity index (χ0n) is 10.3. The van der Waals surface area contributed by atoms with Crippen LogP contribution in [0.25, 0.3) is 11.3 Å². The molecule has 0 saturated heterocycles. The van der Waals surface area contributed by atoms with Crippen LogP contribution in [0.2, 0.25) is 10.2 Å². The number of nitrogens with zero attached hydrogens (tertiary/aromatic N) is 2. The van der Waals surface area contributed by atoms with Gasteiger partial charge in [0.1, 0.15) is 11.4 Å². The van der Waals surface area contributed by atoms with Crippen molar-refractivity contribution in [2.45, 2.75) is 13.8 Å². The Balaban J connectivity index is 2.68. The van der Waals surface area contributed by atoms with Gasteiger partial charge in [-0.3, -0.25) is 0 Å². The molecule has 0 saturated carbocycles. The molecule has 0 N–H and O–H groups in total. The summed E-state index contributed by atoms with van der Waals surface area (Å²) in [6.45, 7) is 3.76. The third-order valence-electron chi connectivity index (χ3n) is 2.68. The maximum absolute atomic E-state index is 6.15. The Morgan fingerprint density at radius 3 is 2.39 bits per heavy atom. The highest BCUT2D eigenvalue weighted by molar-refractivity contribution is 6.32. The molecule has 5 heteroatoms. The Hall–Kier alpha value is -1.32. The highest BCUT2D eigenvalue weighted by Gasteiger charge is 2.14. The fraction of sp³-hybridized carbons (Fsp3) is 0.231. The third kappa shape index (κ3) is 2.42. The van der Waals surface area contributed by atoms with E-state index in [1.54, 1.807) is 25.3 Å². The van der Waals surface area contributed by atoms with Gasteiger partial charge in [0.2, 0.25) is 0 Å². The summed E-state index contributed by atoms with van der Waals surface area (Å²) in [7, 11) is 1.59. The predicted molar refractivity (Wildman–Crippen MR) is 73.5 cm³/mol. The first kappa shape index (κ1) is 13.1. The zero-order chi connectivity index (χ0) is 13.3. The molecule has 3 nitrogen and oxygen atoms in total. The van der Waals surface area contributed by atoms with E-state index in [1.165, 1.54) is 0 Å². The van der Waals surface area contributed by atoms with E-state index < -0.39 is 0 Å². The Morgan fingerprint density at radius 1 is 1.06 bits per heavy atom. The van der Waals surface area contributed by atoms with Gasteiger partial charge in [0.25, 0.3) is 0 Å². The Labute approximate surface area is 116 Å². The summed E-state index contributed by atoms with van der Waals surface area (Å²) in [6.07, 6.45) is 0. The number of hydrogen-bond acceptors (Lipinski definition) is 3. The van der Waals surface area contributed by atoms with Crippen LogP contribution in [0, 0.1) is 13.8 Å². The molecule has 2 rings (SSSR count). The van der Waals surface area contributed by atoms with Gasteiger partial charge in [-0.2, -0.15) is 0 Å². The van der Waals surface area contributed by atoms with Gasteiger partial charge in [-0.25, -0.2) is 9.97 Å². The number of aryl methyl sites for hydroxylation is 2. The lowest BCUT2D eigenvalue weighted by Gasteiger charge is -2.11. The molecule has 0 radical (unpaired) electrons. The van der Waals surface area contributed by atoms with Crippen molar-refractivity contribution < 1.29 is 4.74 Å². The quantitative estimate of drug-likeness (QED) is 0.833. The number of ether oxygens (including phenoxy) is 1. The molecule has 0 spiro atoms. The van der Waals surface area contributed by atoms with Crippen LogP contribution in [0.3, 0.4) is 0 Å². The summed E-state index contributed by atoms with van der Waals surface area (Å²) in [6, 6.07) is 5.31. The summed E-state index contributed by atoms with van der Waals surface area (Å²) in [5.74, 6) is 0.666. The molecule has 0 unspecified atom stereocenters. The molecule has 0 bridgehead atoms. The van der Waals surface area contributed by atoms with E-state index in [2.05, 4.69) is 9.97 Å². The summed E-state index contributed by atoms with van der Waals surface area (Å²) in [5, 5.41) is 0.945. The Morgan fingerprint density at radius 2 is 1.72 bits per heavy atom. The van der Waals surface area contributed by atoms with Crippen LogP contribution in [0.15, 0.2) is 18.2 Å². The number of benzene rings is 1. The summed E-state index contributed by atoms with van der Waals surface area (Å²) < 4.78 is 5.29. The molecule has 0 aliphatic heterocycles. The second kappa shape index (κ2) is 5.12. The first-order valence-corrected chi connectivity index (χ1v) is 6.13. The second-order valence-electron chi connectivity index (χ2n) is 3.88. The number of hydrogen-bond donors (Lipinski definition) is 0. The lowest BCUT2D eigenvalue weighted by atomic mass is 10.1. The van der Waals surface area contributed by atoms with Gasteiger partial charge in [-0.1, -0.05) is 23.2 Å². The van der Waals surface area contributed by atoms with E-state index in [0.29, 0.717) is 21.6 Å². The molecular weight excluding hydrogens is 271 g/mol. The minimum atomic E-state index is 0.346. The monoisotopic (exact) mass is 282 g/mol. The molecule has 1 aromatic carbocycles. The first-order chi connectivity index (χ1) is 8.52. The highest BCUT2D eigenvalue weighted by atomic mass is 35.5. The van der Waals surface area contributed by atoms with E-state index in [1.807, 2.05) is 13.8 Å². The normalized spacial score (nSPS) is 10.5. The average molecular weight is 283 g/mol. The molecule has 0 amide bonds. The predicted octanol–water partition coefficient (Wildman–Crippen LogP) is 4.08. The van der Waals surface area contributed by atoms with Crippen molar-refractivity contribution in [2.75, 3.05) is 7.11 Å². The summed E-state index contributed by atoms with van der Waals surface area (Å²) in [4.78, 5) is 8.72. The molecule has 2 aromatic rings. The molecular formula is C13H12Cl2N2O. The van der Waals surface area contributed by atoms with Crippen LogP contribution < -0.4 is 4.74 Å². The first-order valence-electron chi connectivity index (χ1n) is 5.37. The van der Waals surface area contributed by atoms with E-state index in [0.717, 1.165) is 17.0 Å². The van der Waals surface area contributed by atoms with E-state index >= 15 is 0 Å². The van der Waals surface area contributed by atoms with Gasteiger partial charge in [-0.05, 0) is 32.0 Å². The van der Waals surface area contributed by atoms with Crippen LogP contribution in [-0.2, 0) is 0 Å². The summed E-state index contributed by atoms with van der Waals surface area (Å²) >= 11 is 12.1. The van der Waals surface area contributed by atoms with Crippen LogP contribution in [0.4, 0.5) is 0 Å². The maximum atomic E-state index is 6.15. The minimum absolute atomic E-state index is 0.346. The molecule has 0 aliphatic rings. The number of aromatic nitrogens is 2. The number of halogens is 2. The number of methoxy groups -OCH3 is 1. The largest absolute Gasteiger partial charge is 0.496 e. The lowest BCUT2D eigenvalue weighted by molar-refractivity contribution is 0.416. The smallest absolute Gasteiger partial charge is 0.155 e. The van der Waals surface area contributed by atoms with Gasteiger partial charge >= 0.3 is 0 Å². The van der Waals surface area contributed by atoms with Crippen molar-refractivity contribution in [3.63, 3.8) is 0 Å². The standard InChI is InChI=1S/C13H12Cl2N2O/c1-7-8(2)17-13(15)12(16-7)10-6-9(14)4-5-11(10)18-3/h4-6H,1-3H3. The number of rotatable bonds is 2. The topological polar surface area (TPSA) is 35.0 Å². The van der Waals surface area contributed by atoms with Crippen LogP contribution in [-0.4, -0.2) is 17.1 Å². The van der Waals surface area contributed by atoms with E-state index in [9.17, 15) is 0 Å². The third-order valence-corrected chi connectivity index (χ3v) is 3.18. The molecule has 18 heavy (non-hydrogen) atoms. The van der Waals surface area contributed by atoms with Crippen molar-refractivity contribution in [3.05, 3.63) is 39.8 Å². The maximum Gasteiger partial charge on any atom is 0.155 e. The van der Waals surface area contributed by atoms with E-state index in [4.69, 9.17) is 27.9 Å². The second-order valence-corrected chi connectivity index (χ2v) is 4.67. The van der Waals surface area contributed by atoms with Crippen molar-refractivity contribution >= 4 is 23.2 Å². The average Bonchev–Trinajstić information content (AvgIpc) is 2.34. The van der Waals surface area contributed by atoms with Gasteiger partial charge < -0.3 is 4.74 Å². The Kier molecular flexibility index (Phi) is 3.73. The fourth-order valence-corrected chi connectivity index (χ4v) is 2.06. The molecule has 1 heterocycles. The van der Waals surface area contributed by atoms with Gasteiger partial charge in [-0.15, -0.1) is 0 Å². The van der Waals surface area contributed by atoms with Gasteiger partial charge in [0.15, 0.2) is 5.15 Å². The van der Waals surface area contributed by atoms with Crippen LogP contribution in [0.5, 0.6) is 5.75 Å². The Bertz CT molecular complexity index is 600. The van der Waals surface area contributed by atoms with Crippen molar-refractivity contribution in [1.82, 2.24) is 9.97 Å². The lowest BCUT2D eigenvalue weighted by Crippen LogP contribution is -1.98. The molecule has 0 fully saturated rings. The highest BCUT2D eigenvalue weighted by Crippen LogP contribution is 2.34. The molecule has 94 valence electrons. The van der Waals surface area contributed by atoms with Gasteiger partial charge in [0.05, 0.1) is 18.5 Å². The zero-order valence-corrected chi connectivity index (χ0v) is 11.8. The fourth-order valence-electron chi connectivity index (χ4n) is 1.61. The molecule has 1 aromatic heterocycles. The van der Waals surface area contributed by atoms with Gasteiger partial charge in [0, 0.05) is 10.6 Å². The van der Waals surface area contributed by atoms with Crippen LogP contribution in [0.1, 0.15) is 11.4 Å². The van der Waals surface area contributed by atoms with Crippen molar-refractivity contribution in [3.8, 4) is 17.0 Å². The summed E-state index contributed by atoms with van der Waals surface area (Å²) in [5.41, 5.74) is 2.96. The van der Waals surface area contributed by atoms with E-state index in [-0.39, 0.29) is 0 Å². The minimum Gasteiger partial charge on any atom is -0.496 e. The van der Waals surface area contributed by atoms with Crippen molar-refractivity contribution in [2.24, 2.45) is 0 Å². The SMILES string of the molecule is COc1ccc(Cl)cc1-c1nc(C)c(C)nc1Cl. The molecule has 0 atom stereocenters.